The molecule has 18 heavy (non-hydrogen) atoms. The van der Waals surface area contributed by atoms with Crippen molar-refractivity contribution in [2.45, 2.75) is 26.3 Å². The van der Waals surface area contributed by atoms with Crippen LogP contribution in [0.3, 0.4) is 0 Å². The Bertz CT molecular complexity index is 575. The maximum absolute atomic E-state index is 5.98. The van der Waals surface area contributed by atoms with Gasteiger partial charge in [-0.2, -0.15) is 0 Å². The van der Waals surface area contributed by atoms with Crippen molar-refractivity contribution < 1.29 is 0 Å². The molecule has 0 radical (unpaired) electrons. The molecule has 0 aliphatic heterocycles. The molecule has 0 spiro atoms. The lowest BCUT2D eigenvalue weighted by molar-refractivity contribution is 0.815. The number of nitrogen functional groups attached to an aromatic ring is 1. The monoisotopic (exact) mass is 241 g/mol. The van der Waals surface area contributed by atoms with Crippen molar-refractivity contribution >= 4 is 22.1 Å². The fraction of sp³-hybridized carbons (Fsp3) is 0.267. The highest BCUT2D eigenvalue weighted by Crippen LogP contribution is 2.28. The maximum atomic E-state index is 5.98. The van der Waals surface area contributed by atoms with Gasteiger partial charge in [-0.1, -0.05) is 6.08 Å². The van der Waals surface area contributed by atoms with Crippen LogP contribution in [0.5, 0.6) is 0 Å². The van der Waals surface area contributed by atoms with Gasteiger partial charge in [0.25, 0.3) is 0 Å². The van der Waals surface area contributed by atoms with Gasteiger partial charge in [-0.05, 0) is 38.5 Å². The molecule has 0 amide bonds. The molecule has 1 aromatic carbocycles. The first kappa shape index (κ1) is 12.4. The Balaban J connectivity index is 2.47. The third kappa shape index (κ3) is 2.45. The number of hydrogen-bond acceptors (Lipinski definition) is 3. The van der Waals surface area contributed by atoms with E-state index in [9.17, 15) is 0 Å². The molecule has 0 saturated heterocycles. The molecule has 1 aromatic heterocycles. The van der Waals surface area contributed by atoms with Gasteiger partial charge in [0.1, 0.15) is 0 Å². The van der Waals surface area contributed by atoms with Crippen LogP contribution in [0.2, 0.25) is 0 Å². The first-order valence-electron chi connectivity index (χ1n) is 6.14. The summed E-state index contributed by atoms with van der Waals surface area (Å²) in [5.41, 5.74) is 8.83. The summed E-state index contributed by atoms with van der Waals surface area (Å²) in [6, 6.07) is 6.36. The first-order chi connectivity index (χ1) is 8.61. The maximum Gasteiger partial charge on any atom is 0.0424 e. The van der Waals surface area contributed by atoms with Crippen molar-refractivity contribution in [2.75, 3.05) is 11.1 Å². The zero-order chi connectivity index (χ0) is 13.1. The Hall–Kier alpha value is -2.03. The van der Waals surface area contributed by atoms with Crippen molar-refractivity contribution in [3.05, 3.63) is 42.7 Å². The minimum atomic E-state index is 0.350. The van der Waals surface area contributed by atoms with Crippen LogP contribution >= 0.6 is 0 Å². The summed E-state index contributed by atoms with van der Waals surface area (Å²) in [6.45, 7) is 7.89. The summed E-state index contributed by atoms with van der Waals surface area (Å²) in [4.78, 5) is 4.30. The zero-order valence-electron chi connectivity index (χ0n) is 10.9. The van der Waals surface area contributed by atoms with E-state index in [0.29, 0.717) is 6.04 Å². The molecule has 0 bridgehead atoms. The highest BCUT2D eigenvalue weighted by atomic mass is 14.9. The largest absolute Gasteiger partial charge is 0.398 e. The van der Waals surface area contributed by atoms with Crippen LogP contribution in [-0.2, 0) is 0 Å². The van der Waals surface area contributed by atoms with Gasteiger partial charge < -0.3 is 11.1 Å². The van der Waals surface area contributed by atoms with Crippen molar-refractivity contribution in [2.24, 2.45) is 0 Å². The summed E-state index contributed by atoms with van der Waals surface area (Å²) in [7, 11) is 0. The van der Waals surface area contributed by atoms with Gasteiger partial charge in [0, 0.05) is 40.1 Å². The molecule has 3 heteroatoms. The number of aryl methyl sites for hydroxylation is 1. The Morgan fingerprint density at radius 2 is 2.22 bits per heavy atom. The average Bonchev–Trinajstić information content (AvgIpc) is 2.33. The van der Waals surface area contributed by atoms with E-state index in [4.69, 9.17) is 5.73 Å². The third-order valence-corrected chi connectivity index (χ3v) is 2.99. The number of fused-ring (bicyclic) bond motifs is 1. The van der Waals surface area contributed by atoms with Gasteiger partial charge in [0.15, 0.2) is 0 Å². The number of hydrogen-bond donors (Lipinski definition) is 2. The number of pyridine rings is 1. The van der Waals surface area contributed by atoms with Gasteiger partial charge in [-0.3, -0.25) is 4.98 Å². The normalized spacial score (nSPS) is 12.3. The van der Waals surface area contributed by atoms with Crippen LogP contribution in [0.4, 0.5) is 11.4 Å². The molecule has 0 aliphatic carbocycles. The van der Waals surface area contributed by atoms with Crippen molar-refractivity contribution in [1.82, 2.24) is 4.98 Å². The van der Waals surface area contributed by atoms with Crippen LogP contribution in [0, 0.1) is 6.92 Å². The summed E-state index contributed by atoms with van der Waals surface area (Å²) in [5, 5.41) is 5.61. The highest BCUT2D eigenvalue weighted by molar-refractivity contribution is 6.00. The predicted molar refractivity (Wildman–Crippen MR) is 78.8 cm³/mol. The van der Waals surface area contributed by atoms with Gasteiger partial charge in [0.2, 0.25) is 0 Å². The molecule has 94 valence electrons. The van der Waals surface area contributed by atoms with E-state index in [0.717, 1.165) is 34.3 Å². The van der Waals surface area contributed by atoms with Gasteiger partial charge in [-0.15, -0.1) is 6.58 Å². The fourth-order valence-corrected chi connectivity index (χ4v) is 2.07. The summed E-state index contributed by atoms with van der Waals surface area (Å²) in [6.07, 6.45) is 4.68. The minimum absolute atomic E-state index is 0.350. The number of aromatic nitrogens is 1. The van der Waals surface area contributed by atoms with E-state index in [-0.39, 0.29) is 0 Å². The Labute approximate surface area is 108 Å². The second-order valence-electron chi connectivity index (χ2n) is 4.64. The predicted octanol–water partition coefficient (Wildman–Crippen LogP) is 3.50. The van der Waals surface area contributed by atoms with Crippen LogP contribution < -0.4 is 11.1 Å². The van der Waals surface area contributed by atoms with Crippen molar-refractivity contribution in [3.8, 4) is 0 Å². The van der Waals surface area contributed by atoms with Crippen molar-refractivity contribution in [3.63, 3.8) is 0 Å². The molecular weight excluding hydrogens is 222 g/mol. The lowest BCUT2D eigenvalue weighted by Gasteiger charge is -2.16. The Morgan fingerprint density at radius 3 is 2.94 bits per heavy atom. The number of nitrogens with two attached hydrogens (primary N) is 1. The Morgan fingerprint density at radius 1 is 1.44 bits per heavy atom. The van der Waals surface area contributed by atoms with E-state index in [1.165, 1.54) is 0 Å². The number of nitrogens with zero attached hydrogens (tertiary/aromatic N) is 1. The summed E-state index contributed by atoms with van der Waals surface area (Å²) < 4.78 is 0. The standard InChI is InChI=1S/C15H19N3/c1-4-5-10(2)18-15-7-6-14(16)13-9-17-11(3)8-12(13)15/h4,6-10,18H,1,5,16H2,2-3H3. The van der Waals surface area contributed by atoms with Gasteiger partial charge in [0.05, 0.1) is 0 Å². The molecule has 0 aliphatic rings. The first-order valence-corrected chi connectivity index (χ1v) is 6.14. The quantitative estimate of drug-likeness (QED) is 0.636. The highest BCUT2D eigenvalue weighted by Gasteiger charge is 2.07. The molecule has 0 saturated carbocycles. The number of benzene rings is 1. The van der Waals surface area contributed by atoms with E-state index in [1.54, 1.807) is 0 Å². The zero-order valence-corrected chi connectivity index (χ0v) is 10.9. The van der Waals surface area contributed by atoms with Crippen LogP contribution in [-0.4, -0.2) is 11.0 Å². The van der Waals surface area contributed by atoms with E-state index >= 15 is 0 Å². The molecule has 2 aromatic rings. The molecule has 3 nitrogen and oxygen atoms in total. The van der Waals surface area contributed by atoms with E-state index in [1.807, 2.05) is 31.3 Å². The smallest absolute Gasteiger partial charge is 0.0424 e. The van der Waals surface area contributed by atoms with Crippen molar-refractivity contribution in [1.29, 1.82) is 0 Å². The molecule has 1 heterocycles. The van der Waals surface area contributed by atoms with Gasteiger partial charge in [-0.25, -0.2) is 0 Å². The van der Waals surface area contributed by atoms with Crippen LogP contribution in [0.25, 0.3) is 10.8 Å². The number of rotatable bonds is 4. The topological polar surface area (TPSA) is 50.9 Å². The fourth-order valence-electron chi connectivity index (χ4n) is 2.07. The summed E-state index contributed by atoms with van der Waals surface area (Å²) in [5.74, 6) is 0. The second-order valence-corrected chi connectivity index (χ2v) is 4.64. The van der Waals surface area contributed by atoms with E-state index < -0.39 is 0 Å². The summed E-state index contributed by atoms with van der Waals surface area (Å²) >= 11 is 0. The Kier molecular flexibility index (Phi) is 3.51. The molecule has 0 fully saturated rings. The SMILES string of the molecule is C=CCC(C)Nc1ccc(N)c2cnc(C)cc12. The number of nitrogens with one attached hydrogen (secondary N) is 1. The number of anilines is 2. The third-order valence-electron chi connectivity index (χ3n) is 2.99. The molecule has 3 N–H and O–H groups in total. The average molecular weight is 241 g/mol. The second kappa shape index (κ2) is 5.08. The molecular formula is C15H19N3. The molecule has 1 unspecified atom stereocenters. The van der Waals surface area contributed by atoms with Crippen LogP contribution in [0.15, 0.2) is 37.1 Å². The lowest BCUT2D eigenvalue weighted by atomic mass is 10.1. The lowest BCUT2D eigenvalue weighted by Crippen LogP contribution is -2.14. The minimum Gasteiger partial charge on any atom is -0.398 e. The van der Waals surface area contributed by atoms with Gasteiger partial charge >= 0.3 is 0 Å². The molecule has 2 rings (SSSR count). The van der Waals surface area contributed by atoms with Crippen LogP contribution in [0.1, 0.15) is 19.0 Å². The molecule has 1 atom stereocenters. The van der Waals surface area contributed by atoms with E-state index in [2.05, 4.69) is 29.9 Å².